The smallest absolute Gasteiger partial charge is 0.311 e. The summed E-state index contributed by atoms with van der Waals surface area (Å²) in [7, 11) is 1.59. The first kappa shape index (κ1) is 7.25. The van der Waals surface area contributed by atoms with Crippen molar-refractivity contribution >= 4 is 12.2 Å². The number of hydrogen-bond donors (Lipinski definition) is 0. The molecule has 10 heavy (non-hydrogen) atoms. The van der Waals surface area contributed by atoms with Crippen molar-refractivity contribution in [3.8, 4) is 0 Å². The van der Waals surface area contributed by atoms with Gasteiger partial charge in [-0.05, 0) is 6.42 Å². The first-order valence-corrected chi connectivity index (χ1v) is 3.49. The van der Waals surface area contributed by atoms with Crippen LogP contribution in [0.4, 0.5) is 0 Å². The van der Waals surface area contributed by atoms with Crippen LogP contribution in [-0.2, 0) is 4.74 Å². The number of hydrogen-bond acceptors (Lipinski definition) is 3. The van der Waals surface area contributed by atoms with Crippen LogP contribution in [0.25, 0.3) is 0 Å². The molecular formula is C7H12N2O. The van der Waals surface area contributed by atoms with Crippen LogP contribution >= 0.6 is 0 Å². The Hall–Kier alpha value is -0.860. The van der Waals surface area contributed by atoms with Crippen LogP contribution < -0.4 is 0 Å². The minimum absolute atomic E-state index is 0.504. The van der Waals surface area contributed by atoms with Gasteiger partial charge in [-0.2, -0.15) is 0 Å². The molecule has 0 N–H and O–H groups in total. The Labute approximate surface area is 60.8 Å². The number of aliphatic imine (C=N–C) groups is 2. The van der Waals surface area contributed by atoms with Gasteiger partial charge >= 0.3 is 6.02 Å². The highest BCUT2D eigenvalue weighted by atomic mass is 16.5. The monoisotopic (exact) mass is 140 g/mol. The molecule has 3 nitrogen and oxygen atoms in total. The predicted octanol–water partition coefficient (Wildman–Crippen LogP) is 1.10. The lowest BCUT2D eigenvalue weighted by molar-refractivity contribution is 0.391. The van der Waals surface area contributed by atoms with Crippen LogP contribution in [0.5, 0.6) is 0 Å². The Morgan fingerprint density at radius 1 is 1.80 bits per heavy atom. The lowest BCUT2D eigenvalue weighted by atomic mass is 10.1. The van der Waals surface area contributed by atoms with Crippen LogP contribution in [0.15, 0.2) is 9.98 Å². The van der Waals surface area contributed by atoms with Crippen molar-refractivity contribution in [2.45, 2.75) is 13.3 Å². The Morgan fingerprint density at radius 2 is 2.60 bits per heavy atom. The molecule has 0 aromatic heterocycles. The Bertz CT molecular complexity index is 163. The summed E-state index contributed by atoms with van der Waals surface area (Å²) < 4.78 is 4.84. The van der Waals surface area contributed by atoms with Gasteiger partial charge in [-0.3, -0.25) is 0 Å². The number of methoxy groups -OCH3 is 1. The maximum Gasteiger partial charge on any atom is 0.311 e. The largest absolute Gasteiger partial charge is 0.467 e. The van der Waals surface area contributed by atoms with E-state index in [4.69, 9.17) is 4.74 Å². The predicted molar refractivity (Wildman–Crippen MR) is 41.6 cm³/mol. The fourth-order valence-corrected chi connectivity index (χ4v) is 0.804. The van der Waals surface area contributed by atoms with Gasteiger partial charge in [0, 0.05) is 12.1 Å². The molecule has 0 radical (unpaired) electrons. The van der Waals surface area contributed by atoms with E-state index >= 15 is 0 Å². The molecule has 3 heteroatoms. The fourth-order valence-electron chi connectivity index (χ4n) is 0.804. The molecule has 1 atom stereocenters. The standard InChI is InChI=1S/C7H12N2O/c1-3-6-4-8-7(10-2)9-5-6/h4,6H,3,5H2,1-2H3. The van der Waals surface area contributed by atoms with Crippen molar-refractivity contribution in [2.75, 3.05) is 13.7 Å². The fraction of sp³-hybridized carbons (Fsp3) is 0.714. The molecule has 1 heterocycles. The van der Waals surface area contributed by atoms with E-state index in [0.29, 0.717) is 11.9 Å². The van der Waals surface area contributed by atoms with E-state index in [0.717, 1.165) is 13.0 Å². The third-order valence-electron chi connectivity index (χ3n) is 1.56. The van der Waals surface area contributed by atoms with Crippen molar-refractivity contribution < 1.29 is 4.74 Å². The molecule has 0 saturated carbocycles. The number of nitrogens with zero attached hydrogens (tertiary/aromatic N) is 2. The van der Waals surface area contributed by atoms with Crippen molar-refractivity contribution in [1.82, 2.24) is 0 Å². The highest BCUT2D eigenvalue weighted by Gasteiger charge is 2.07. The first-order valence-electron chi connectivity index (χ1n) is 3.49. The topological polar surface area (TPSA) is 34.0 Å². The molecule has 0 amide bonds. The molecule has 56 valence electrons. The molecule has 0 aromatic rings. The molecule has 1 unspecified atom stereocenters. The zero-order valence-corrected chi connectivity index (χ0v) is 6.37. The van der Waals surface area contributed by atoms with Crippen molar-refractivity contribution in [3.63, 3.8) is 0 Å². The third-order valence-corrected chi connectivity index (χ3v) is 1.56. The highest BCUT2D eigenvalue weighted by Crippen LogP contribution is 2.04. The second-order valence-electron chi connectivity index (χ2n) is 2.27. The van der Waals surface area contributed by atoms with Gasteiger partial charge in [0.05, 0.1) is 13.7 Å². The second-order valence-corrected chi connectivity index (χ2v) is 2.27. The lowest BCUT2D eigenvalue weighted by Gasteiger charge is -2.10. The summed E-state index contributed by atoms with van der Waals surface area (Å²) >= 11 is 0. The average Bonchev–Trinajstić information content (AvgIpc) is 2.05. The summed E-state index contributed by atoms with van der Waals surface area (Å²) in [5.41, 5.74) is 0. The summed E-state index contributed by atoms with van der Waals surface area (Å²) in [4.78, 5) is 8.10. The minimum atomic E-state index is 0.504. The van der Waals surface area contributed by atoms with Gasteiger partial charge < -0.3 is 4.74 Å². The first-order chi connectivity index (χ1) is 4.86. The van der Waals surface area contributed by atoms with Crippen molar-refractivity contribution in [2.24, 2.45) is 15.9 Å². The summed E-state index contributed by atoms with van der Waals surface area (Å²) in [5, 5.41) is 0. The molecule has 1 rings (SSSR count). The minimum Gasteiger partial charge on any atom is -0.467 e. The molecule has 1 aliphatic heterocycles. The summed E-state index contributed by atoms with van der Waals surface area (Å²) in [6.07, 6.45) is 3.01. The van der Waals surface area contributed by atoms with Gasteiger partial charge in [-0.1, -0.05) is 6.92 Å². The van der Waals surface area contributed by atoms with Gasteiger partial charge in [-0.15, -0.1) is 0 Å². The molecule has 0 aromatic carbocycles. The van der Waals surface area contributed by atoms with Crippen LogP contribution in [0.3, 0.4) is 0 Å². The van der Waals surface area contributed by atoms with E-state index < -0.39 is 0 Å². The maximum atomic E-state index is 4.84. The van der Waals surface area contributed by atoms with E-state index in [1.165, 1.54) is 0 Å². The number of amidine groups is 1. The highest BCUT2D eigenvalue weighted by molar-refractivity contribution is 5.85. The van der Waals surface area contributed by atoms with E-state index in [1.807, 2.05) is 6.21 Å². The van der Waals surface area contributed by atoms with Crippen LogP contribution in [0.2, 0.25) is 0 Å². The molecular weight excluding hydrogens is 128 g/mol. The molecule has 0 bridgehead atoms. The molecule has 0 saturated heterocycles. The van der Waals surface area contributed by atoms with Gasteiger partial charge in [-0.25, -0.2) is 9.98 Å². The zero-order chi connectivity index (χ0) is 7.40. The second kappa shape index (κ2) is 3.34. The third kappa shape index (κ3) is 1.56. The SMILES string of the molecule is CCC1C=NC(OC)=NC1. The summed E-state index contributed by atoms with van der Waals surface area (Å²) in [5.74, 6) is 0.513. The van der Waals surface area contributed by atoms with Gasteiger partial charge in [0.25, 0.3) is 0 Å². The van der Waals surface area contributed by atoms with Gasteiger partial charge in [0.15, 0.2) is 0 Å². The summed E-state index contributed by atoms with van der Waals surface area (Å²) in [6, 6.07) is 0.504. The molecule has 1 aliphatic rings. The van der Waals surface area contributed by atoms with E-state index in [-0.39, 0.29) is 0 Å². The average molecular weight is 140 g/mol. The van der Waals surface area contributed by atoms with Crippen LogP contribution in [0, 0.1) is 5.92 Å². The van der Waals surface area contributed by atoms with Gasteiger partial charge in [0.1, 0.15) is 0 Å². The van der Waals surface area contributed by atoms with Crippen LogP contribution in [-0.4, -0.2) is 25.9 Å². The summed E-state index contributed by atoms with van der Waals surface area (Å²) in [6.45, 7) is 2.95. The number of ether oxygens (including phenoxy) is 1. The van der Waals surface area contributed by atoms with E-state index in [9.17, 15) is 0 Å². The Balaban J connectivity index is 2.46. The quantitative estimate of drug-likeness (QED) is 0.537. The van der Waals surface area contributed by atoms with Crippen LogP contribution in [0.1, 0.15) is 13.3 Å². The normalized spacial score (nSPS) is 24.2. The van der Waals surface area contributed by atoms with E-state index in [2.05, 4.69) is 16.9 Å². The van der Waals surface area contributed by atoms with Crippen molar-refractivity contribution in [1.29, 1.82) is 0 Å². The Morgan fingerprint density at radius 3 is 3.00 bits per heavy atom. The Kier molecular flexibility index (Phi) is 2.42. The molecule has 0 aliphatic carbocycles. The van der Waals surface area contributed by atoms with Crippen molar-refractivity contribution in [3.05, 3.63) is 0 Å². The van der Waals surface area contributed by atoms with E-state index in [1.54, 1.807) is 7.11 Å². The molecule has 0 spiro atoms. The van der Waals surface area contributed by atoms with Gasteiger partial charge in [0.2, 0.25) is 0 Å². The lowest BCUT2D eigenvalue weighted by Crippen LogP contribution is -2.14. The maximum absolute atomic E-state index is 4.84. The zero-order valence-electron chi connectivity index (χ0n) is 6.37. The number of rotatable bonds is 1. The molecule has 0 fully saturated rings.